The van der Waals surface area contributed by atoms with Crippen molar-refractivity contribution in [3.8, 4) is 0 Å². The van der Waals surface area contributed by atoms with Gasteiger partial charge in [-0.25, -0.2) is 4.79 Å². The topological polar surface area (TPSA) is 145 Å². The van der Waals surface area contributed by atoms with Gasteiger partial charge in [-0.1, -0.05) is 6.92 Å². The molecular weight excluding hydrogens is 404 g/mol. The van der Waals surface area contributed by atoms with Crippen molar-refractivity contribution >= 4 is 11.9 Å². The van der Waals surface area contributed by atoms with E-state index in [1.807, 2.05) is 6.92 Å². The monoisotopic (exact) mass is 436 g/mol. The normalized spacial score (nSPS) is 53.8. The van der Waals surface area contributed by atoms with Crippen LogP contribution in [0.1, 0.15) is 51.9 Å². The molecule has 0 radical (unpaired) electrons. The van der Waals surface area contributed by atoms with Crippen LogP contribution in [0.5, 0.6) is 0 Å². The third-order valence-electron chi connectivity index (χ3n) is 10.0. The second-order valence-electron chi connectivity index (χ2n) is 10.7. The number of aliphatic carboxylic acids is 1. The molecule has 0 aromatic heterocycles. The van der Waals surface area contributed by atoms with Gasteiger partial charge >= 0.3 is 11.9 Å². The van der Waals surface area contributed by atoms with Crippen molar-refractivity contribution in [2.75, 3.05) is 6.61 Å². The number of aliphatic hydroxyl groups is 4. The number of ether oxygens (including phenoxy) is 1. The van der Waals surface area contributed by atoms with Gasteiger partial charge < -0.3 is 30.3 Å². The van der Waals surface area contributed by atoms with Crippen LogP contribution < -0.4 is 0 Å². The number of fused-ring (bicyclic) bond motifs is 5. The molecule has 10 unspecified atom stereocenters. The minimum atomic E-state index is -1.28. The van der Waals surface area contributed by atoms with Crippen LogP contribution in [0.4, 0.5) is 0 Å². The van der Waals surface area contributed by atoms with Gasteiger partial charge in [-0.2, -0.15) is 0 Å². The predicted octanol–water partition coefficient (Wildman–Crippen LogP) is 0.611. The van der Waals surface area contributed by atoms with Gasteiger partial charge in [0.2, 0.25) is 0 Å². The molecular formula is C23H32O8. The summed E-state index contributed by atoms with van der Waals surface area (Å²) in [6.45, 7) is 2.04. The summed E-state index contributed by atoms with van der Waals surface area (Å²) in [5, 5.41) is 54.8. The number of aliphatic hydroxyl groups excluding tert-OH is 3. The van der Waals surface area contributed by atoms with Crippen molar-refractivity contribution < 1.29 is 39.9 Å². The van der Waals surface area contributed by atoms with Gasteiger partial charge in [-0.3, -0.25) is 4.79 Å². The Morgan fingerprint density at radius 1 is 1.06 bits per heavy atom. The molecule has 5 rings (SSSR count). The molecule has 5 N–H and O–H groups in total. The Labute approximate surface area is 180 Å². The van der Waals surface area contributed by atoms with Gasteiger partial charge in [0, 0.05) is 17.4 Å². The molecule has 4 fully saturated rings. The molecule has 0 bridgehead atoms. The highest BCUT2D eigenvalue weighted by atomic mass is 16.5. The summed E-state index contributed by atoms with van der Waals surface area (Å²) in [4.78, 5) is 24.4. The van der Waals surface area contributed by atoms with Crippen molar-refractivity contribution in [1.82, 2.24) is 0 Å². The first-order valence-corrected chi connectivity index (χ1v) is 11.4. The lowest BCUT2D eigenvalue weighted by Gasteiger charge is -2.64. The second-order valence-corrected chi connectivity index (χ2v) is 10.7. The fraction of sp³-hybridized carbons (Fsp3) is 0.826. The molecule has 0 saturated heterocycles. The van der Waals surface area contributed by atoms with E-state index < -0.39 is 58.5 Å². The molecule has 4 saturated carbocycles. The van der Waals surface area contributed by atoms with E-state index in [2.05, 4.69) is 0 Å². The molecule has 4 aliphatic carbocycles. The molecule has 31 heavy (non-hydrogen) atoms. The minimum Gasteiger partial charge on any atom is -0.481 e. The quantitative estimate of drug-likeness (QED) is 0.396. The van der Waals surface area contributed by atoms with Gasteiger partial charge in [0.05, 0.1) is 29.3 Å². The SMILES string of the molecule is CC12C(O)CC3C(CCC4C(O)C(O)CCC43C(=O)O)C1(O)CCC2C1=CC(=O)OC1. The molecule has 1 heterocycles. The van der Waals surface area contributed by atoms with Crippen molar-refractivity contribution in [2.24, 2.45) is 34.5 Å². The van der Waals surface area contributed by atoms with E-state index in [0.29, 0.717) is 25.7 Å². The molecule has 0 amide bonds. The molecule has 8 heteroatoms. The van der Waals surface area contributed by atoms with Crippen molar-refractivity contribution in [2.45, 2.75) is 75.8 Å². The number of rotatable bonds is 2. The number of hydrogen-bond donors (Lipinski definition) is 5. The van der Waals surface area contributed by atoms with E-state index in [4.69, 9.17) is 4.74 Å². The summed E-state index contributed by atoms with van der Waals surface area (Å²) in [6.07, 6.45) is 1.04. The van der Waals surface area contributed by atoms with E-state index >= 15 is 0 Å². The van der Waals surface area contributed by atoms with Crippen LogP contribution in [0.15, 0.2) is 11.6 Å². The summed E-state index contributed by atoms with van der Waals surface area (Å²) >= 11 is 0. The third kappa shape index (κ3) is 2.50. The Morgan fingerprint density at radius 2 is 1.77 bits per heavy atom. The maximum atomic E-state index is 12.7. The van der Waals surface area contributed by atoms with Crippen LogP contribution in [-0.2, 0) is 14.3 Å². The molecule has 0 aromatic rings. The van der Waals surface area contributed by atoms with Crippen LogP contribution in [0, 0.1) is 34.5 Å². The summed E-state index contributed by atoms with van der Waals surface area (Å²) in [7, 11) is 0. The van der Waals surface area contributed by atoms with Gasteiger partial charge in [0.15, 0.2) is 0 Å². The Bertz CT molecular complexity index is 839. The molecule has 0 aromatic carbocycles. The van der Waals surface area contributed by atoms with Crippen LogP contribution in [-0.4, -0.2) is 68.0 Å². The standard InChI is InChI=1S/C23H32O8/c1-21-12(11-8-18(26)31-10-11)4-7-23(21,30)13-2-3-14-19(27)16(24)5-6-22(14,20(28)29)15(13)9-17(21)25/h8,12-17,19,24-25,27,30H,2-7,9-10H2,1H3,(H,28,29). The lowest BCUT2D eigenvalue weighted by molar-refractivity contribution is -0.258. The van der Waals surface area contributed by atoms with Gasteiger partial charge in [-0.05, 0) is 68.3 Å². The van der Waals surface area contributed by atoms with Crippen LogP contribution in [0.3, 0.4) is 0 Å². The summed E-state index contributed by atoms with van der Waals surface area (Å²) in [5.41, 5.74) is -2.67. The molecule has 172 valence electrons. The maximum Gasteiger partial charge on any atom is 0.331 e. The van der Waals surface area contributed by atoms with E-state index in [-0.39, 0.29) is 37.7 Å². The number of hydrogen-bond acceptors (Lipinski definition) is 7. The highest BCUT2D eigenvalue weighted by Gasteiger charge is 2.73. The number of esters is 1. The molecule has 5 aliphatic rings. The summed E-state index contributed by atoms with van der Waals surface area (Å²) in [5.74, 6) is -3.05. The van der Waals surface area contributed by atoms with E-state index in [0.717, 1.165) is 5.57 Å². The predicted molar refractivity (Wildman–Crippen MR) is 106 cm³/mol. The third-order valence-corrected chi connectivity index (χ3v) is 10.0. The minimum absolute atomic E-state index is 0.168. The van der Waals surface area contributed by atoms with Crippen LogP contribution in [0.25, 0.3) is 0 Å². The number of carbonyl (C=O) groups excluding carboxylic acids is 1. The molecule has 0 spiro atoms. The van der Waals surface area contributed by atoms with Crippen LogP contribution >= 0.6 is 0 Å². The van der Waals surface area contributed by atoms with Crippen LogP contribution in [0.2, 0.25) is 0 Å². The smallest absolute Gasteiger partial charge is 0.331 e. The maximum absolute atomic E-state index is 12.7. The Hall–Kier alpha value is -1.48. The fourth-order valence-electron chi connectivity index (χ4n) is 8.48. The highest BCUT2D eigenvalue weighted by Crippen LogP contribution is 2.70. The summed E-state index contributed by atoms with van der Waals surface area (Å²) < 4.78 is 5.09. The highest BCUT2D eigenvalue weighted by molar-refractivity contribution is 5.85. The number of carboxylic acid groups (broad SMARTS) is 1. The molecule has 8 nitrogen and oxygen atoms in total. The zero-order valence-electron chi connectivity index (χ0n) is 17.7. The average Bonchev–Trinajstić information content (AvgIpc) is 3.26. The number of carboxylic acids is 1. The zero-order chi connectivity index (χ0) is 22.3. The average molecular weight is 437 g/mol. The first-order chi connectivity index (χ1) is 14.6. The van der Waals surface area contributed by atoms with Gasteiger partial charge in [0.1, 0.15) is 6.61 Å². The van der Waals surface area contributed by atoms with Crippen molar-refractivity contribution in [1.29, 1.82) is 0 Å². The first kappa shape index (κ1) is 21.4. The number of carbonyl (C=O) groups is 2. The zero-order valence-corrected chi connectivity index (χ0v) is 17.7. The van der Waals surface area contributed by atoms with Gasteiger partial charge in [-0.15, -0.1) is 0 Å². The fourth-order valence-corrected chi connectivity index (χ4v) is 8.48. The Balaban J connectivity index is 1.57. The van der Waals surface area contributed by atoms with E-state index in [1.165, 1.54) is 6.08 Å². The Kier molecular flexibility index (Phi) is 4.66. The molecule has 10 atom stereocenters. The molecule has 1 aliphatic heterocycles. The first-order valence-electron chi connectivity index (χ1n) is 11.4. The lowest BCUT2D eigenvalue weighted by atomic mass is 9.41. The number of cyclic esters (lactones) is 1. The second kappa shape index (κ2) is 6.76. The van der Waals surface area contributed by atoms with Gasteiger partial charge in [0.25, 0.3) is 0 Å². The van der Waals surface area contributed by atoms with Crippen molar-refractivity contribution in [3.63, 3.8) is 0 Å². The summed E-state index contributed by atoms with van der Waals surface area (Å²) in [6, 6.07) is 0. The largest absolute Gasteiger partial charge is 0.481 e. The van der Waals surface area contributed by atoms with E-state index in [9.17, 15) is 35.1 Å². The Morgan fingerprint density at radius 3 is 2.42 bits per heavy atom. The van der Waals surface area contributed by atoms with E-state index in [1.54, 1.807) is 0 Å². The lowest BCUT2D eigenvalue weighted by Crippen LogP contribution is -2.70. The van der Waals surface area contributed by atoms with Crippen molar-refractivity contribution in [3.05, 3.63) is 11.6 Å².